The summed E-state index contributed by atoms with van der Waals surface area (Å²) in [5.74, 6) is 0.144. The number of halogens is 1. The zero-order valence-corrected chi connectivity index (χ0v) is 20.0. The van der Waals surface area contributed by atoms with Crippen molar-refractivity contribution in [2.75, 3.05) is 39.5 Å². The molecule has 0 radical (unpaired) electrons. The number of imidazole rings is 1. The van der Waals surface area contributed by atoms with Gasteiger partial charge in [-0.1, -0.05) is 0 Å². The van der Waals surface area contributed by atoms with E-state index in [2.05, 4.69) is 25.0 Å². The van der Waals surface area contributed by atoms with Crippen molar-refractivity contribution < 1.29 is 13.9 Å². The summed E-state index contributed by atoms with van der Waals surface area (Å²) in [7, 11) is 0. The lowest BCUT2D eigenvalue weighted by molar-refractivity contribution is 0.0368. The number of fused-ring (bicyclic) bond motifs is 1. The molecule has 5 heterocycles. The van der Waals surface area contributed by atoms with Crippen LogP contribution >= 0.6 is 0 Å². The minimum Gasteiger partial charge on any atom is -0.464 e. The van der Waals surface area contributed by atoms with E-state index >= 15 is 0 Å². The summed E-state index contributed by atoms with van der Waals surface area (Å²) in [4.78, 5) is 20.2. The van der Waals surface area contributed by atoms with Gasteiger partial charge in [0.05, 0.1) is 44.5 Å². The molecule has 4 aromatic heterocycles. The molecule has 1 aliphatic rings. The van der Waals surface area contributed by atoms with Crippen LogP contribution in [0.4, 0.5) is 4.39 Å². The normalized spacial score (nSPS) is 14.6. The van der Waals surface area contributed by atoms with Gasteiger partial charge in [-0.2, -0.15) is 15.1 Å². The molecule has 0 N–H and O–H groups in total. The summed E-state index contributed by atoms with van der Waals surface area (Å²) in [6.07, 6.45) is 7.68. The number of hydrogen-bond acceptors (Lipinski definition) is 8. The van der Waals surface area contributed by atoms with Crippen LogP contribution < -0.4 is 4.74 Å². The average Bonchev–Trinajstić information content (AvgIpc) is 3.45. The smallest absolute Gasteiger partial charge is 0.318 e. The van der Waals surface area contributed by atoms with Crippen molar-refractivity contribution in [3.05, 3.63) is 47.9 Å². The van der Waals surface area contributed by atoms with E-state index in [1.54, 1.807) is 6.20 Å². The maximum absolute atomic E-state index is 14.0. The lowest BCUT2D eigenvalue weighted by atomic mass is 10.2. The summed E-state index contributed by atoms with van der Waals surface area (Å²) in [5.41, 5.74) is 3.53. The van der Waals surface area contributed by atoms with Gasteiger partial charge in [0.25, 0.3) is 0 Å². The molecule has 0 saturated carbocycles. The quantitative estimate of drug-likeness (QED) is 0.361. The van der Waals surface area contributed by atoms with Gasteiger partial charge in [0, 0.05) is 49.7 Å². The molecular formula is C24H29FN8O2. The van der Waals surface area contributed by atoms with Crippen LogP contribution in [0.1, 0.15) is 24.6 Å². The van der Waals surface area contributed by atoms with E-state index < -0.39 is 5.82 Å². The van der Waals surface area contributed by atoms with Gasteiger partial charge in [0.2, 0.25) is 0 Å². The Kier molecular flexibility index (Phi) is 6.96. The number of morpholine rings is 1. The molecule has 184 valence electrons. The molecule has 0 unspecified atom stereocenters. The van der Waals surface area contributed by atoms with Gasteiger partial charge >= 0.3 is 6.01 Å². The largest absolute Gasteiger partial charge is 0.464 e. The Morgan fingerprint density at radius 2 is 1.94 bits per heavy atom. The highest BCUT2D eigenvalue weighted by Crippen LogP contribution is 2.27. The molecule has 10 nitrogen and oxygen atoms in total. The zero-order valence-electron chi connectivity index (χ0n) is 20.0. The first-order valence-corrected chi connectivity index (χ1v) is 11.9. The van der Waals surface area contributed by atoms with E-state index in [4.69, 9.17) is 14.5 Å². The fourth-order valence-corrected chi connectivity index (χ4v) is 4.28. The van der Waals surface area contributed by atoms with Crippen LogP contribution in [0.5, 0.6) is 6.01 Å². The fourth-order valence-electron chi connectivity index (χ4n) is 4.28. The molecule has 0 aliphatic carbocycles. The summed E-state index contributed by atoms with van der Waals surface area (Å²) in [5, 5.41) is 4.55. The molecule has 1 saturated heterocycles. The summed E-state index contributed by atoms with van der Waals surface area (Å²) < 4.78 is 28.9. The molecule has 0 spiro atoms. The molecule has 11 heteroatoms. The van der Waals surface area contributed by atoms with Gasteiger partial charge < -0.3 is 14.0 Å². The van der Waals surface area contributed by atoms with Gasteiger partial charge in [0.1, 0.15) is 17.2 Å². The maximum Gasteiger partial charge on any atom is 0.318 e. The predicted octanol–water partition coefficient (Wildman–Crippen LogP) is 2.70. The van der Waals surface area contributed by atoms with E-state index in [0.717, 1.165) is 51.4 Å². The first-order chi connectivity index (χ1) is 17.1. The number of rotatable bonds is 9. The third kappa shape index (κ3) is 5.30. The average molecular weight is 481 g/mol. The number of aryl methyl sites for hydroxylation is 2. The SMILES string of the molecule is CCOc1nc(C)c2nc(-c3cncc(F)c3)n(Cc3cnn(CCCN4CCOCC4)c3)c2n1. The van der Waals surface area contributed by atoms with Crippen LogP contribution in [0.25, 0.3) is 22.6 Å². The second kappa shape index (κ2) is 10.4. The third-order valence-electron chi connectivity index (χ3n) is 5.98. The van der Waals surface area contributed by atoms with E-state index in [9.17, 15) is 4.39 Å². The molecule has 35 heavy (non-hydrogen) atoms. The van der Waals surface area contributed by atoms with Crippen molar-refractivity contribution in [1.29, 1.82) is 0 Å². The molecular weight excluding hydrogens is 451 g/mol. The number of aromatic nitrogens is 7. The molecule has 0 atom stereocenters. The molecule has 1 aliphatic heterocycles. The van der Waals surface area contributed by atoms with Gasteiger partial charge in [-0.05, 0) is 26.3 Å². The zero-order chi connectivity index (χ0) is 24.2. The lowest BCUT2D eigenvalue weighted by Gasteiger charge is -2.26. The topological polar surface area (TPSA) is 96.0 Å². The molecule has 1 fully saturated rings. The minimum atomic E-state index is -0.424. The summed E-state index contributed by atoms with van der Waals surface area (Å²) >= 11 is 0. The van der Waals surface area contributed by atoms with E-state index in [0.29, 0.717) is 47.4 Å². The molecule has 5 rings (SSSR count). The standard InChI is InChI=1S/C24H29FN8O2/c1-3-35-24-28-17(2)21-23(30-24)33(22(29-21)19-11-20(25)14-26-13-19)16-18-12-27-32(15-18)6-4-5-31-7-9-34-10-8-31/h11-15H,3-10,16H2,1-2H3. The fraction of sp³-hybridized carbons (Fsp3) is 0.458. The first-order valence-electron chi connectivity index (χ1n) is 11.9. The van der Waals surface area contributed by atoms with Crippen LogP contribution in [0.2, 0.25) is 0 Å². The third-order valence-corrected chi connectivity index (χ3v) is 5.98. The Bertz CT molecular complexity index is 1300. The second-order valence-electron chi connectivity index (χ2n) is 8.53. The Morgan fingerprint density at radius 3 is 2.74 bits per heavy atom. The molecule has 0 amide bonds. The Morgan fingerprint density at radius 1 is 1.09 bits per heavy atom. The van der Waals surface area contributed by atoms with E-state index in [1.165, 1.54) is 12.3 Å². The maximum atomic E-state index is 14.0. The number of ether oxygens (including phenoxy) is 2. The van der Waals surface area contributed by atoms with Crippen molar-refractivity contribution in [3.63, 3.8) is 0 Å². The van der Waals surface area contributed by atoms with Crippen molar-refractivity contribution in [1.82, 2.24) is 39.2 Å². The molecule has 4 aromatic rings. The van der Waals surface area contributed by atoms with Crippen LogP contribution in [-0.2, 0) is 17.8 Å². The van der Waals surface area contributed by atoms with Crippen molar-refractivity contribution in [2.24, 2.45) is 0 Å². The highest BCUT2D eigenvalue weighted by Gasteiger charge is 2.19. The van der Waals surface area contributed by atoms with E-state index in [-0.39, 0.29) is 0 Å². The highest BCUT2D eigenvalue weighted by atomic mass is 19.1. The first kappa shape index (κ1) is 23.3. The molecule has 0 aromatic carbocycles. The Labute approximate surface area is 202 Å². The Balaban J connectivity index is 1.42. The van der Waals surface area contributed by atoms with Gasteiger partial charge in [0.15, 0.2) is 5.65 Å². The predicted molar refractivity (Wildman–Crippen MR) is 128 cm³/mol. The van der Waals surface area contributed by atoms with Gasteiger partial charge in [-0.15, -0.1) is 0 Å². The summed E-state index contributed by atoms with van der Waals surface area (Å²) in [6, 6.07) is 1.72. The van der Waals surface area contributed by atoms with Crippen LogP contribution in [0.15, 0.2) is 30.9 Å². The van der Waals surface area contributed by atoms with Crippen molar-refractivity contribution in [2.45, 2.75) is 33.4 Å². The highest BCUT2D eigenvalue weighted by molar-refractivity contribution is 5.79. The van der Waals surface area contributed by atoms with Crippen molar-refractivity contribution >= 4 is 11.2 Å². The van der Waals surface area contributed by atoms with Crippen LogP contribution in [0, 0.1) is 12.7 Å². The van der Waals surface area contributed by atoms with Crippen LogP contribution in [-0.4, -0.2) is 78.6 Å². The van der Waals surface area contributed by atoms with Gasteiger partial charge in [-0.3, -0.25) is 14.6 Å². The van der Waals surface area contributed by atoms with Crippen LogP contribution in [0.3, 0.4) is 0 Å². The molecule has 0 bridgehead atoms. The number of pyridine rings is 1. The number of hydrogen-bond donors (Lipinski definition) is 0. The monoisotopic (exact) mass is 480 g/mol. The Hall–Kier alpha value is -3.44. The minimum absolute atomic E-state index is 0.293. The van der Waals surface area contributed by atoms with E-state index in [1.807, 2.05) is 35.5 Å². The summed E-state index contributed by atoms with van der Waals surface area (Å²) in [6.45, 7) is 10.1. The number of nitrogens with zero attached hydrogens (tertiary/aromatic N) is 8. The van der Waals surface area contributed by atoms with Crippen molar-refractivity contribution in [3.8, 4) is 17.4 Å². The second-order valence-corrected chi connectivity index (χ2v) is 8.53. The van der Waals surface area contributed by atoms with Gasteiger partial charge in [-0.25, -0.2) is 9.37 Å². The lowest BCUT2D eigenvalue weighted by Crippen LogP contribution is -2.37.